The predicted molar refractivity (Wildman–Crippen MR) is 120 cm³/mol. The number of hydrogen-bond acceptors (Lipinski definition) is 4. The number of thioether (sulfide) groups is 1. The maximum absolute atomic E-state index is 12.8. The number of aromatic nitrogens is 1. The van der Waals surface area contributed by atoms with Crippen LogP contribution in [-0.4, -0.2) is 22.0 Å². The zero-order chi connectivity index (χ0) is 20.9. The minimum absolute atomic E-state index is 0.0570. The van der Waals surface area contributed by atoms with Crippen molar-refractivity contribution < 1.29 is 14.0 Å². The van der Waals surface area contributed by atoms with E-state index in [2.05, 4.69) is 15.6 Å². The zero-order valence-corrected chi connectivity index (χ0v) is 17.2. The molecule has 0 radical (unpaired) electrons. The average molecular weight is 420 g/mol. The van der Waals surface area contributed by atoms with Crippen LogP contribution in [0, 0.1) is 0 Å². The summed E-state index contributed by atoms with van der Waals surface area (Å²) in [5.41, 5.74) is 2.39. The number of nitrogens with one attached hydrogen (secondary N) is 3. The third-order valence-electron chi connectivity index (χ3n) is 4.60. The van der Waals surface area contributed by atoms with Crippen LogP contribution in [0.4, 0.5) is 11.4 Å². The average Bonchev–Trinajstić information content (AvgIpc) is 3.44. The molecule has 152 valence electrons. The second-order valence-electron chi connectivity index (χ2n) is 6.74. The Morgan fingerprint density at radius 2 is 1.90 bits per heavy atom. The van der Waals surface area contributed by atoms with Crippen molar-refractivity contribution in [2.75, 3.05) is 10.6 Å². The van der Waals surface area contributed by atoms with Crippen LogP contribution in [-0.2, 0) is 4.79 Å². The van der Waals surface area contributed by atoms with E-state index >= 15 is 0 Å². The number of fused-ring (bicyclic) bond motifs is 1. The number of rotatable bonds is 7. The van der Waals surface area contributed by atoms with E-state index in [4.69, 9.17) is 4.42 Å². The SMILES string of the molecule is CCC(Sc1cccc(NC(=O)c2ccco2)c1)C(=O)Nc1ccc2cc[nH]c2c1. The summed E-state index contributed by atoms with van der Waals surface area (Å²) in [7, 11) is 0. The van der Waals surface area contributed by atoms with Crippen molar-refractivity contribution in [2.24, 2.45) is 0 Å². The topological polar surface area (TPSA) is 87.1 Å². The molecule has 0 saturated carbocycles. The van der Waals surface area contributed by atoms with Gasteiger partial charge >= 0.3 is 0 Å². The lowest BCUT2D eigenvalue weighted by atomic mass is 10.2. The van der Waals surface area contributed by atoms with Crippen molar-refractivity contribution in [1.29, 1.82) is 0 Å². The quantitative estimate of drug-likeness (QED) is 0.344. The van der Waals surface area contributed by atoms with E-state index in [1.165, 1.54) is 18.0 Å². The molecule has 2 heterocycles. The van der Waals surface area contributed by atoms with E-state index in [-0.39, 0.29) is 22.8 Å². The largest absolute Gasteiger partial charge is 0.459 e. The Bertz CT molecular complexity index is 1170. The van der Waals surface area contributed by atoms with Crippen LogP contribution in [0.5, 0.6) is 0 Å². The molecule has 0 bridgehead atoms. The molecule has 0 spiro atoms. The molecule has 0 aliphatic heterocycles. The van der Waals surface area contributed by atoms with Crippen LogP contribution in [0.25, 0.3) is 10.9 Å². The lowest BCUT2D eigenvalue weighted by molar-refractivity contribution is -0.115. The predicted octanol–water partition coefficient (Wildman–Crippen LogP) is 5.52. The van der Waals surface area contributed by atoms with Crippen molar-refractivity contribution in [1.82, 2.24) is 4.98 Å². The van der Waals surface area contributed by atoms with E-state index in [1.807, 2.05) is 55.6 Å². The van der Waals surface area contributed by atoms with Crippen molar-refractivity contribution in [2.45, 2.75) is 23.5 Å². The van der Waals surface area contributed by atoms with Gasteiger partial charge in [0.25, 0.3) is 5.91 Å². The number of carbonyl (C=O) groups excluding carboxylic acids is 2. The van der Waals surface area contributed by atoms with E-state index in [9.17, 15) is 9.59 Å². The smallest absolute Gasteiger partial charge is 0.291 e. The fraction of sp³-hybridized carbons (Fsp3) is 0.130. The number of carbonyl (C=O) groups is 2. The summed E-state index contributed by atoms with van der Waals surface area (Å²) in [6.07, 6.45) is 4.00. The van der Waals surface area contributed by atoms with Crippen LogP contribution in [0.1, 0.15) is 23.9 Å². The Kier molecular flexibility index (Phi) is 5.90. The number of anilines is 2. The van der Waals surface area contributed by atoms with Crippen LogP contribution >= 0.6 is 11.8 Å². The van der Waals surface area contributed by atoms with Crippen LogP contribution < -0.4 is 10.6 Å². The molecule has 4 rings (SSSR count). The van der Waals surface area contributed by atoms with Gasteiger partial charge in [-0.05, 0) is 60.3 Å². The Balaban J connectivity index is 1.42. The molecule has 7 heteroatoms. The molecule has 0 aliphatic carbocycles. The normalized spacial score (nSPS) is 11.9. The molecule has 0 fully saturated rings. The first-order valence-corrected chi connectivity index (χ1v) is 10.5. The summed E-state index contributed by atoms with van der Waals surface area (Å²) in [5, 5.41) is 6.64. The number of H-pyrrole nitrogens is 1. The van der Waals surface area contributed by atoms with Gasteiger partial charge in [0.15, 0.2) is 5.76 Å². The lowest BCUT2D eigenvalue weighted by Crippen LogP contribution is -2.24. The lowest BCUT2D eigenvalue weighted by Gasteiger charge is -2.15. The number of benzene rings is 2. The molecule has 6 nitrogen and oxygen atoms in total. The maximum atomic E-state index is 12.8. The number of hydrogen-bond donors (Lipinski definition) is 3. The standard InChI is InChI=1S/C23H21N3O3S/c1-2-21(23(28)26-17-9-8-15-10-11-24-19(15)14-17)30-18-6-3-5-16(13-18)25-22(27)20-7-4-12-29-20/h3-14,21,24H,2H2,1H3,(H,25,27)(H,26,28). The summed E-state index contributed by atoms with van der Waals surface area (Å²) >= 11 is 1.47. The van der Waals surface area contributed by atoms with Crippen molar-refractivity contribution in [3.63, 3.8) is 0 Å². The molecule has 2 aromatic heterocycles. The molecule has 1 atom stereocenters. The van der Waals surface area contributed by atoms with Crippen LogP contribution in [0.3, 0.4) is 0 Å². The second kappa shape index (κ2) is 8.92. The van der Waals surface area contributed by atoms with Gasteiger partial charge in [0, 0.05) is 28.0 Å². The van der Waals surface area contributed by atoms with Gasteiger partial charge in [-0.25, -0.2) is 0 Å². The Hall–Kier alpha value is -3.45. The zero-order valence-electron chi connectivity index (χ0n) is 16.3. The summed E-state index contributed by atoms with van der Waals surface area (Å²) in [4.78, 5) is 29.0. The first-order valence-electron chi connectivity index (χ1n) is 9.62. The number of furan rings is 1. The van der Waals surface area contributed by atoms with Gasteiger partial charge in [-0.1, -0.05) is 19.1 Å². The van der Waals surface area contributed by atoms with Gasteiger partial charge in [-0.2, -0.15) is 0 Å². The molecule has 0 saturated heterocycles. The maximum Gasteiger partial charge on any atom is 0.291 e. The molecule has 30 heavy (non-hydrogen) atoms. The van der Waals surface area contributed by atoms with E-state index < -0.39 is 0 Å². The second-order valence-corrected chi connectivity index (χ2v) is 8.02. The Morgan fingerprint density at radius 3 is 2.70 bits per heavy atom. The molecular weight excluding hydrogens is 398 g/mol. The Morgan fingerprint density at radius 1 is 1.03 bits per heavy atom. The summed E-state index contributed by atoms with van der Waals surface area (Å²) in [5.74, 6) is -0.122. The summed E-state index contributed by atoms with van der Waals surface area (Å²) in [6, 6.07) is 18.5. The number of amides is 2. The van der Waals surface area contributed by atoms with Crippen LogP contribution in [0.15, 0.2) is 82.4 Å². The van der Waals surface area contributed by atoms with E-state index in [0.29, 0.717) is 12.1 Å². The molecular formula is C23H21N3O3S. The molecule has 1 unspecified atom stereocenters. The highest BCUT2D eigenvalue weighted by Gasteiger charge is 2.19. The Labute approximate surface area is 178 Å². The third-order valence-corrected chi connectivity index (χ3v) is 5.96. The minimum atomic E-state index is -0.313. The van der Waals surface area contributed by atoms with Crippen molar-refractivity contribution in [3.8, 4) is 0 Å². The van der Waals surface area contributed by atoms with E-state index in [0.717, 1.165) is 21.5 Å². The summed E-state index contributed by atoms with van der Waals surface area (Å²) < 4.78 is 5.12. The van der Waals surface area contributed by atoms with Gasteiger partial charge in [0.05, 0.1) is 11.5 Å². The first kappa shape index (κ1) is 19.8. The molecule has 0 aliphatic rings. The van der Waals surface area contributed by atoms with Crippen molar-refractivity contribution in [3.05, 3.63) is 78.9 Å². The highest BCUT2D eigenvalue weighted by Crippen LogP contribution is 2.29. The molecule has 3 N–H and O–H groups in total. The first-order chi connectivity index (χ1) is 14.6. The van der Waals surface area contributed by atoms with Gasteiger partial charge in [0.1, 0.15) is 0 Å². The van der Waals surface area contributed by atoms with E-state index in [1.54, 1.807) is 18.2 Å². The third kappa shape index (κ3) is 4.58. The highest BCUT2D eigenvalue weighted by molar-refractivity contribution is 8.00. The van der Waals surface area contributed by atoms with Crippen molar-refractivity contribution >= 4 is 45.9 Å². The highest BCUT2D eigenvalue weighted by atomic mass is 32.2. The molecule has 4 aromatic rings. The molecule has 2 aromatic carbocycles. The number of aromatic amines is 1. The fourth-order valence-electron chi connectivity index (χ4n) is 3.08. The summed E-state index contributed by atoms with van der Waals surface area (Å²) in [6.45, 7) is 1.98. The van der Waals surface area contributed by atoms with Gasteiger partial charge in [0.2, 0.25) is 5.91 Å². The molecule has 2 amide bonds. The fourth-order valence-corrected chi connectivity index (χ4v) is 4.10. The monoisotopic (exact) mass is 419 g/mol. The van der Waals surface area contributed by atoms with Crippen LogP contribution in [0.2, 0.25) is 0 Å². The van der Waals surface area contributed by atoms with Gasteiger partial charge in [-0.15, -0.1) is 11.8 Å². The van der Waals surface area contributed by atoms with Gasteiger partial charge < -0.3 is 20.0 Å². The van der Waals surface area contributed by atoms with Gasteiger partial charge in [-0.3, -0.25) is 9.59 Å². The minimum Gasteiger partial charge on any atom is -0.459 e.